The van der Waals surface area contributed by atoms with Gasteiger partial charge in [-0.2, -0.15) is 0 Å². The maximum Gasteiger partial charge on any atom is 0.312 e. The van der Waals surface area contributed by atoms with Gasteiger partial charge in [-0.1, -0.05) is 0 Å². The third-order valence-corrected chi connectivity index (χ3v) is 2.08. The van der Waals surface area contributed by atoms with E-state index < -0.39 is 5.41 Å². The zero-order valence-electron chi connectivity index (χ0n) is 10.1. The van der Waals surface area contributed by atoms with Crippen LogP contribution in [0.15, 0.2) is 0 Å². The lowest BCUT2D eigenvalue weighted by molar-refractivity contribution is -0.150. The van der Waals surface area contributed by atoms with E-state index in [2.05, 4.69) is 10.1 Å². The molecule has 0 aromatic rings. The van der Waals surface area contributed by atoms with E-state index in [0.717, 1.165) is 0 Å². The highest BCUT2D eigenvalue weighted by atomic mass is 16.5. The van der Waals surface area contributed by atoms with Gasteiger partial charge in [-0.25, -0.2) is 0 Å². The SMILES string of the molecule is COC(=O)C(C)(C)CNCC(=O)N(C)C. The summed E-state index contributed by atoms with van der Waals surface area (Å²) in [5.41, 5.74) is -0.610. The second kappa shape index (κ2) is 5.70. The summed E-state index contributed by atoms with van der Waals surface area (Å²) >= 11 is 0. The van der Waals surface area contributed by atoms with Crippen LogP contribution in [0.3, 0.4) is 0 Å². The molecular weight excluding hydrogens is 196 g/mol. The van der Waals surface area contributed by atoms with E-state index in [4.69, 9.17) is 0 Å². The number of rotatable bonds is 5. The maximum absolute atomic E-state index is 11.3. The average molecular weight is 216 g/mol. The average Bonchev–Trinajstić information content (AvgIpc) is 2.15. The van der Waals surface area contributed by atoms with Gasteiger partial charge in [-0.05, 0) is 13.8 Å². The molecule has 5 heteroatoms. The van der Waals surface area contributed by atoms with E-state index in [1.807, 2.05) is 0 Å². The van der Waals surface area contributed by atoms with Crippen LogP contribution in [-0.2, 0) is 14.3 Å². The molecule has 0 unspecified atom stereocenters. The molecule has 0 aliphatic rings. The van der Waals surface area contributed by atoms with Crippen LogP contribution in [0.2, 0.25) is 0 Å². The number of nitrogens with one attached hydrogen (secondary N) is 1. The lowest BCUT2D eigenvalue weighted by Gasteiger charge is -2.22. The second-order valence-corrected chi connectivity index (χ2v) is 4.27. The lowest BCUT2D eigenvalue weighted by Crippen LogP contribution is -2.41. The molecule has 0 spiro atoms. The van der Waals surface area contributed by atoms with E-state index >= 15 is 0 Å². The molecule has 5 nitrogen and oxygen atoms in total. The van der Waals surface area contributed by atoms with Crippen molar-refractivity contribution in [3.63, 3.8) is 0 Å². The minimum absolute atomic E-state index is 0.0179. The molecule has 0 aliphatic carbocycles. The molecule has 1 N–H and O–H groups in total. The number of esters is 1. The van der Waals surface area contributed by atoms with Gasteiger partial charge in [0.2, 0.25) is 5.91 Å². The zero-order chi connectivity index (χ0) is 12.1. The number of carbonyl (C=O) groups excluding carboxylic acids is 2. The van der Waals surface area contributed by atoms with E-state index in [9.17, 15) is 9.59 Å². The van der Waals surface area contributed by atoms with Gasteiger partial charge in [0.1, 0.15) is 0 Å². The first kappa shape index (κ1) is 13.9. The first-order valence-corrected chi connectivity index (χ1v) is 4.80. The van der Waals surface area contributed by atoms with Gasteiger partial charge >= 0.3 is 5.97 Å². The van der Waals surface area contributed by atoms with Crippen LogP contribution in [0.25, 0.3) is 0 Å². The van der Waals surface area contributed by atoms with Crippen LogP contribution in [0, 0.1) is 5.41 Å². The Balaban J connectivity index is 3.95. The van der Waals surface area contributed by atoms with Gasteiger partial charge in [0, 0.05) is 20.6 Å². The fourth-order valence-corrected chi connectivity index (χ4v) is 0.989. The number of nitrogens with zero attached hydrogens (tertiary/aromatic N) is 1. The van der Waals surface area contributed by atoms with Gasteiger partial charge < -0.3 is 15.0 Å². The molecule has 0 radical (unpaired) electrons. The van der Waals surface area contributed by atoms with Crippen molar-refractivity contribution in [2.75, 3.05) is 34.3 Å². The number of carbonyl (C=O) groups is 2. The fraction of sp³-hybridized carbons (Fsp3) is 0.800. The summed E-state index contributed by atoms with van der Waals surface area (Å²) in [6, 6.07) is 0. The van der Waals surface area contributed by atoms with Gasteiger partial charge in [0.05, 0.1) is 19.1 Å². The van der Waals surface area contributed by atoms with Crippen LogP contribution in [0.1, 0.15) is 13.8 Å². The summed E-state index contributed by atoms with van der Waals surface area (Å²) in [6.45, 7) is 4.19. The van der Waals surface area contributed by atoms with E-state index in [1.165, 1.54) is 12.0 Å². The standard InChI is InChI=1S/C10H20N2O3/c1-10(2,9(14)15-5)7-11-6-8(13)12(3)4/h11H,6-7H2,1-5H3. The molecule has 0 rings (SSSR count). The van der Waals surface area contributed by atoms with E-state index in [1.54, 1.807) is 27.9 Å². The minimum Gasteiger partial charge on any atom is -0.469 e. The molecule has 88 valence electrons. The van der Waals surface area contributed by atoms with Crippen molar-refractivity contribution in [1.82, 2.24) is 10.2 Å². The highest BCUT2D eigenvalue weighted by molar-refractivity contribution is 5.78. The summed E-state index contributed by atoms with van der Waals surface area (Å²) in [4.78, 5) is 24.0. The summed E-state index contributed by atoms with van der Waals surface area (Å²) in [6.07, 6.45) is 0. The van der Waals surface area contributed by atoms with Crippen molar-refractivity contribution < 1.29 is 14.3 Å². The minimum atomic E-state index is -0.610. The summed E-state index contributed by atoms with van der Waals surface area (Å²) in [7, 11) is 4.74. The predicted octanol–water partition coefficient (Wildman–Crippen LogP) is -0.137. The molecule has 0 saturated heterocycles. The Kier molecular flexibility index (Phi) is 5.28. The molecule has 0 bridgehead atoms. The third kappa shape index (κ3) is 4.78. The normalized spacial score (nSPS) is 11.0. The van der Waals surface area contributed by atoms with Crippen LogP contribution >= 0.6 is 0 Å². The van der Waals surface area contributed by atoms with Gasteiger partial charge in [0.15, 0.2) is 0 Å². The Bertz CT molecular complexity index is 237. The monoisotopic (exact) mass is 216 g/mol. The lowest BCUT2D eigenvalue weighted by atomic mass is 9.94. The number of ether oxygens (including phenoxy) is 1. The number of methoxy groups -OCH3 is 1. The Morgan fingerprint density at radius 2 is 1.87 bits per heavy atom. The molecule has 0 aromatic heterocycles. The van der Waals surface area contributed by atoms with Gasteiger partial charge in [0.25, 0.3) is 0 Å². The Hall–Kier alpha value is -1.10. The molecule has 0 fully saturated rings. The van der Waals surface area contributed by atoms with Crippen LogP contribution < -0.4 is 5.32 Å². The molecule has 15 heavy (non-hydrogen) atoms. The van der Waals surface area contributed by atoms with Crippen molar-refractivity contribution >= 4 is 11.9 Å². The van der Waals surface area contributed by atoms with Crippen molar-refractivity contribution in [1.29, 1.82) is 0 Å². The van der Waals surface area contributed by atoms with E-state index in [-0.39, 0.29) is 18.4 Å². The predicted molar refractivity (Wildman–Crippen MR) is 57.4 cm³/mol. The molecule has 0 heterocycles. The Morgan fingerprint density at radius 3 is 2.27 bits per heavy atom. The van der Waals surface area contributed by atoms with Gasteiger partial charge in [-0.15, -0.1) is 0 Å². The molecular formula is C10H20N2O3. The number of amides is 1. The molecule has 0 atom stereocenters. The molecule has 0 aliphatic heterocycles. The van der Waals surface area contributed by atoms with Crippen molar-refractivity contribution in [3.05, 3.63) is 0 Å². The highest BCUT2D eigenvalue weighted by Crippen LogP contribution is 2.14. The fourth-order valence-electron chi connectivity index (χ4n) is 0.989. The van der Waals surface area contributed by atoms with E-state index in [0.29, 0.717) is 6.54 Å². The molecule has 0 saturated carbocycles. The van der Waals surface area contributed by atoms with Crippen molar-refractivity contribution in [2.45, 2.75) is 13.8 Å². The summed E-state index contributed by atoms with van der Waals surface area (Å²) < 4.78 is 4.65. The first-order chi connectivity index (χ1) is 6.81. The quantitative estimate of drug-likeness (QED) is 0.650. The zero-order valence-corrected chi connectivity index (χ0v) is 10.1. The van der Waals surface area contributed by atoms with Crippen molar-refractivity contribution in [3.8, 4) is 0 Å². The third-order valence-electron chi connectivity index (χ3n) is 2.08. The number of hydrogen-bond donors (Lipinski definition) is 1. The topological polar surface area (TPSA) is 58.6 Å². The van der Waals surface area contributed by atoms with Crippen LogP contribution in [0.5, 0.6) is 0 Å². The van der Waals surface area contributed by atoms with Gasteiger partial charge in [-0.3, -0.25) is 9.59 Å². The second-order valence-electron chi connectivity index (χ2n) is 4.27. The smallest absolute Gasteiger partial charge is 0.312 e. The maximum atomic E-state index is 11.3. The molecule has 0 aromatic carbocycles. The Morgan fingerprint density at radius 1 is 1.33 bits per heavy atom. The van der Waals surface area contributed by atoms with Crippen molar-refractivity contribution in [2.24, 2.45) is 5.41 Å². The largest absolute Gasteiger partial charge is 0.469 e. The van der Waals surface area contributed by atoms with Crippen LogP contribution in [0.4, 0.5) is 0 Å². The Labute approximate surface area is 90.8 Å². The number of hydrogen-bond acceptors (Lipinski definition) is 4. The summed E-state index contributed by atoms with van der Waals surface area (Å²) in [5, 5.41) is 2.93. The first-order valence-electron chi connectivity index (χ1n) is 4.80. The van der Waals surface area contributed by atoms with Crippen LogP contribution in [-0.4, -0.2) is 51.1 Å². The number of likely N-dealkylation sites (N-methyl/N-ethyl adjacent to an activating group) is 1. The summed E-state index contributed by atoms with van der Waals surface area (Å²) in [5.74, 6) is -0.303. The molecule has 1 amide bonds. The highest BCUT2D eigenvalue weighted by Gasteiger charge is 2.28.